The van der Waals surface area contributed by atoms with Gasteiger partial charge in [-0.25, -0.2) is 9.18 Å². The molecular formula is C11H12FNO2. The standard InChI is InChI=1S/C11H12FNO2/c1-13(8-4-7-11(14)15)10-6-3-2-5-9(10)12/h2-7H,8H2,1H3,(H,14,15)/b7-4+. The fourth-order valence-electron chi connectivity index (χ4n) is 1.17. The van der Waals surface area contributed by atoms with Crippen LogP contribution in [0, 0.1) is 5.82 Å². The zero-order valence-corrected chi connectivity index (χ0v) is 8.35. The number of rotatable bonds is 4. The molecule has 0 radical (unpaired) electrons. The first kappa shape index (κ1) is 11.2. The second-order valence-corrected chi connectivity index (χ2v) is 3.07. The lowest BCUT2D eigenvalue weighted by atomic mass is 10.3. The molecule has 0 aliphatic carbocycles. The lowest BCUT2D eigenvalue weighted by molar-refractivity contribution is -0.131. The summed E-state index contributed by atoms with van der Waals surface area (Å²) in [6.07, 6.45) is 2.51. The Bertz CT molecular complexity index is 377. The molecule has 80 valence electrons. The molecule has 1 aromatic rings. The van der Waals surface area contributed by atoms with E-state index in [0.29, 0.717) is 12.2 Å². The van der Waals surface area contributed by atoms with E-state index in [1.165, 1.54) is 12.1 Å². The first-order valence-corrected chi connectivity index (χ1v) is 4.46. The van der Waals surface area contributed by atoms with Crippen molar-refractivity contribution in [1.29, 1.82) is 0 Å². The number of aliphatic carboxylic acids is 1. The smallest absolute Gasteiger partial charge is 0.328 e. The van der Waals surface area contributed by atoms with Gasteiger partial charge in [0.1, 0.15) is 5.82 Å². The Labute approximate surface area is 87.4 Å². The van der Waals surface area contributed by atoms with Crippen LogP contribution in [0.1, 0.15) is 0 Å². The molecule has 0 heterocycles. The largest absolute Gasteiger partial charge is 0.478 e. The number of likely N-dealkylation sites (N-methyl/N-ethyl adjacent to an activating group) is 1. The van der Waals surface area contributed by atoms with E-state index in [4.69, 9.17) is 5.11 Å². The summed E-state index contributed by atoms with van der Waals surface area (Å²) in [5.74, 6) is -1.32. The van der Waals surface area contributed by atoms with Crippen LogP contribution in [0.3, 0.4) is 0 Å². The van der Waals surface area contributed by atoms with Crippen molar-refractivity contribution in [3.63, 3.8) is 0 Å². The van der Waals surface area contributed by atoms with E-state index in [2.05, 4.69) is 0 Å². The maximum Gasteiger partial charge on any atom is 0.328 e. The first-order chi connectivity index (χ1) is 7.11. The van der Waals surface area contributed by atoms with Crippen molar-refractivity contribution in [2.75, 3.05) is 18.5 Å². The Morgan fingerprint density at radius 3 is 2.80 bits per heavy atom. The number of carboxylic acid groups (broad SMARTS) is 1. The number of carboxylic acids is 1. The molecule has 0 saturated heterocycles. The highest BCUT2D eigenvalue weighted by atomic mass is 19.1. The van der Waals surface area contributed by atoms with Crippen molar-refractivity contribution >= 4 is 11.7 Å². The van der Waals surface area contributed by atoms with Crippen LogP contribution < -0.4 is 4.90 Å². The van der Waals surface area contributed by atoms with Gasteiger partial charge < -0.3 is 10.0 Å². The zero-order valence-electron chi connectivity index (χ0n) is 8.35. The topological polar surface area (TPSA) is 40.5 Å². The third-order valence-electron chi connectivity index (χ3n) is 1.90. The van der Waals surface area contributed by atoms with Crippen molar-refractivity contribution in [3.05, 3.63) is 42.2 Å². The van der Waals surface area contributed by atoms with Gasteiger partial charge in [-0.2, -0.15) is 0 Å². The molecule has 1 rings (SSSR count). The molecule has 0 amide bonds. The molecular weight excluding hydrogens is 197 g/mol. The fourth-order valence-corrected chi connectivity index (χ4v) is 1.17. The Kier molecular flexibility index (Phi) is 3.85. The van der Waals surface area contributed by atoms with Crippen LogP contribution in [-0.2, 0) is 4.79 Å². The van der Waals surface area contributed by atoms with Crippen LogP contribution in [-0.4, -0.2) is 24.7 Å². The summed E-state index contributed by atoms with van der Waals surface area (Å²) < 4.78 is 13.2. The summed E-state index contributed by atoms with van der Waals surface area (Å²) in [7, 11) is 1.70. The SMILES string of the molecule is CN(C/C=C/C(=O)O)c1ccccc1F. The number of halogens is 1. The van der Waals surface area contributed by atoms with Crippen LogP contribution in [0.2, 0.25) is 0 Å². The Morgan fingerprint density at radius 1 is 1.53 bits per heavy atom. The van der Waals surface area contributed by atoms with E-state index in [1.54, 1.807) is 30.1 Å². The van der Waals surface area contributed by atoms with Gasteiger partial charge in [-0.3, -0.25) is 0 Å². The van der Waals surface area contributed by atoms with E-state index in [1.807, 2.05) is 0 Å². The van der Waals surface area contributed by atoms with Gasteiger partial charge in [0.2, 0.25) is 0 Å². The molecule has 3 nitrogen and oxygen atoms in total. The molecule has 0 aliphatic rings. The monoisotopic (exact) mass is 209 g/mol. The summed E-state index contributed by atoms with van der Waals surface area (Å²) in [5.41, 5.74) is 0.451. The predicted octanol–water partition coefficient (Wildman–Crippen LogP) is 1.90. The van der Waals surface area contributed by atoms with Gasteiger partial charge in [0.05, 0.1) is 5.69 Å². The highest BCUT2D eigenvalue weighted by Crippen LogP contribution is 2.16. The van der Waals surface area contributed by atoms with Gasteiger partial charge in [0.25, 0.3) is 0 Å². The maximum absolute atomic E-state index is 13.2. The Balaban J connectivity index is 2.65. The van der Waals surface area contributed by atoms with Crippen molar-refractivity contribution in [3.8, 4) is 0 Å². The summed E-state index contributed by atoms with van der Waals surface area (Å²) in [6, 6.07) is 6.35. The summed E-state index contributed by atoms with van der Waals surface area (Å²) in [6.45, 7) is 0.354. The minimum atomic E-state index is -1.00. The van der Waals surface area contributed by atoms with Crippen LogP contribution in [0.5, 0.6) is 0 Å². The number of hydrogen-bond donors (Lipinski definition) is 1. The van der Waals surface area contributed by atoms with E-state index >= 15 is 0 Å². The molecule has 15 heavy (non-hydrogen) atoms. The molecule has 0 bridgehead atoms. The number of anilines is 1. The average Bonchev–Trinajstić information content (AvgIpc) is 2.17. The summed E-state index contributed by atoms with van der Waals surface area (Å²) >= 11 is 0. The molecule has 0 fully saturated rings. The van der Waals surface area contributed by atoms with Gasteiger partial charge in [0, 0.05) is 19.7 Å². The van der Waals surface area contributed by atoms with E-state index in [0.717, 1.165) is 6.08 Å². The Hall–Kier alpha value is -1.84. The van der Waals surface area contributed by atoms with E-state index in [9.17, 15) is 9.18 Å². The van der Waals surface area contributed by atoms with Crippen molar-refractivity contribution in [1.82, 2.24) is 0 Å². The number of para-hydroxylation sites is 1. The second kappa shape index (κ2) is 5.14. The first-order valence-electron chi connectivity index (χ1n) is 4.46. The van der Waals surface area contributed by atoms with Gasteiger partial charge in [-0.15, -0.1) is 0 Å². The highest BCUT2D eigenvalue weighted by Gasteiger charge is 2.04. The van der Waals surface area contributed by atoms with Crippen molar-refractivity contribution in [2.45, 2.75) is 0 Å². The zero-order chi connectivity index (χ0) is 11.3. The average molecular weight is 209 g/mol. The van der Waals surface area contributed by atoms with Crippen LogP contribution in [0.15, 0.2) is 36.4 Å². The van der Waals surface area contributed by atoms with Crippen LogP contribution in [0.4, 0.5) is 10.1 Å². The van der Waals surface area contributed by atoms with Gasteiger partial charge in [0.15, 0.2) is 0 Å². The Morgan fingerprint density at radius 2 is 2.20 bits per heavy atom. The minimum absolute atomic E-state index is 0.316. The molecule has 0 aromatic heterocycles. The van der Waals surface area contributed by atoms with Crippen molar-refractivity contribution < 1.29 is 14.3 Å². The third kappa shape index (κ3) is 3.42. The molecule has 0 saturated carbocycles. The third-order valence-corrected chi connectivity index (χ3v) is 1.90. The van der Waals surface area contributed by atoms with Crippen molar-refractivity contribution in [2.24, 2.45) is 0 Å². The quantitative estimate of drug-likeness (QED) is 0.770. The number of hydrogen-bond acceptors (Lipinski definition) is 2. The molecule has 0 unspecified atom stereocenters. The minimum Gasteiger partial charge on any atom is -0.478 e. The normalized spacial score (nSPS) is 10.5. The number of nitrogens with zero attached hydrogens (tertiary/aromatic N) is 1. The molecule has 4 heteroatoms. The highest BCUT2D eigenvalue weighted by molar-refractivity contribution is 5.79. The van der Waals surface area contributed by atoms with Gasteiger partial charge >= 0.3 is 5.97 Å². The molecule has 0 aliphatic heterocycles. The number of carbonyl (C=O) groups is 1. The van der Waals surface area contributed by atoms with E-state index in [-0.39, 0.29) is 5.82 Å². The summed E-state index contributed by atoms with van der Waals surface area (Å²) in [4.78, 5) is 11.8. The van der Waals surface area contributed by atoms with Gasteiger partial charge in [-0.1, -0.05) is 18.2 Å². The molecule has 1 aromatic carbocycles. The fraction of sp³-hybridized carbons (Fsp3) is 0.182. The van der Waals surface area contributed by atoms with Crippen LogP contribution >= 0.6 is 0 Å². The lowest BCUT2D eigenvalue weighted by Gasteiger charge is -2.17. The van der Waals surface area contributed by atoms with E-state index < -0.39 is 5.97 Å². The number of benzene rings is 1. The molecule has 1 N–H and O–H groups in total. The molecule has 0 spiro atoms. The van der Waals surface area contributed by atoms with Crippen LogP contribution in [0.25, 0.3) is 0 Å². The lowest BCUT2D eigenvalue weighted by Crippen LogP contribution is -2.18. The summed E-state index contributed by atoms with van der Waals surface area (Å²) in [5, 5.41) is 8.37. The second-order valence-electron chi connectivity index (χ2n) is 3.07. The maximum atomic E-state index is 13.2. The molecule has 0 atom stereocenters. The predicted molar refractivity (Wildman–Crippen MR) is 56.4 cm³/mol. The van der Waals surface area contributed by atoms with Gasteiger partial charge in [-0.05, 0) is 12.1 Å².